The molecular formula is C63H115N29O12. The summed E-state index contributed by atoms with van der Waals surface area (Å²) in [5, 5.41) is 34.0. The van der Waals surface area contributed by atoms with Crippen LogP contribution >= 0.6 is 0 Å². The molecule has 1 aliphatic heterocycles. The van der Waals surface area contributed by atoms with Gasteiger partial charge in [-0.05, 0) is 148 Å². The van der Waals surface area contributed by atoms with Crippen LogP contribution in [0.25, 0.3) is 0 Å². The molecule has 0 radical (unpaired) electrons. The predicted octanol–water partition coefficient (Wildman–Crippen LogP) is -9.68. The van der Waals surface area contributed by atoms with Crippen LogP contribution in [0.1, 0.15) is 135 Å². The fraction of sp³-hybridized carbons (Fsp3) is 0.651. The van der Waals surface area contributed by atoms with Crippen LogP contribution in [0.15, 0.2) is 55.3 Å². The van der Waals surface area contributed by atoms with E-state index < -0.39 is 138 Å². The van der Waals surface area contributed by atoms with Gasteiger partial charge in [0.05, 0.1) is 6.10 Å². The van der Waals surface area contributed by atoms with E-state index in [4.69, 9.17) is 80.3 Å². The minimum absolute atomic E-state index is 0.00478. The van der Waals surface area contributed by atoms with Gasteiger partial charge in [-0.15, -0.1) is 0 Å². The van der Waals surface area contributed by atoms with E-state index in [0.29, 0.717) is 31.2 Å². The summed E-state index contributed by atoms with van der Waals surface area (Å²) in [4.78, 5) is 176. The average molecular weight is 1470 g/mol. The van der Waals surface area contributed by atoms with Crippen LogP contribution in [-0.4, -0.2) is 230 Å². The first kappa shape index (κ1) is 89.7. The van der Waals surface area contributed by atoms with Crippen LogP contribution in [0.5, 0.6) is 0 Å². The number of guanidine groups is 5. The summed E-state index contributed by atoms with van der Waals surface area (Å²) < 4.78 is 0. The molecule has 41 nitrogen and oxygen atoms in total. The molecule has 2 rings (SSSR count). The first-order chi connectivity index (χ1) is 49.3. The summed E-state index contributed by atoms with van der Waals surface area (Å²) in [6, 6.07) is -6.15. The third-order valence-corrected chi connectivity index (χ3v) is 16.4. The minimum atomic E-state index is -1.52. The normalized spacial score (nSPS) is 15.6. The molecule has 584 valence electrons. The number of aliphatic hydroxyl groups excluding tert-OH is 1. The molecule has 38 N–H and O–H groups in total. The number of hydrogen-bond acceptors (Lipinski definition) is 20. The van der Waals surface area contributed by atoms with Crippen molar-refractivity contribution in [2.75, 3.05) is 52.4 Å². The summed E-state index contributed by atoms with van der Waals surface area (Å²) >= 11 is 0. The van der Waals surface area contributed by atoms with Crippen LogP contribution in [-0.2, 0) is 59.2 Å². The number of nitrogens with two attached hydrogens (primary N) is 14. The Hall–Kier alpha value is -10.4. The van der Waals surface area contributed by atoms with Gasteiger partial charge in [0.1, 0.15) is 66.5 Å². The second kappa shape index (κ2) is 49.2. The van der Waals surface area contributed by atoms with Gasteiger partial charge in [0.2, 0.25) is 65.0 Å². The van der Waals surface area contributed by atoms with Crippen LogP contribution in [0.3, 0.4) is 0 Å². The van der Waals surface area contributed by atoms with E-state index in [1.807, 2.05) is 0 Å². The van der Waals surface area contributed by atoms with Crippen molar-refractivity contribution in [2.45, 2.75) is 208 Å². The quantitative estimate of drug-likeness (QED) is 0.0164. The van der Waals surface area contributed by atoms with Gasteiger partial charge in [0.15, 0.2) is 29.8 Å². The number of hydrogen-bond donors (Lipinski definition) is 24. The van der Waals surface area contributed by atoms with Crippen molar-refractivity contribution in [2.24, 2.45) is 105 Å². The maximum absolute atomic E-state index is 14.8. The maximum Gasteiger partial charge on any atom is 0.243 e. The lowest BCUT2D eigenvalue weighted by Gasteiger charge is -2.29. The van der Waals surface area contributed by atoms with E-state index in [0.717, 1.165) is 0 Å². The predicted molar refractivity (Wildman–Crippen MR) is 392 cm³/mol. The zero-order valence-electron chi connectivity index (χ0n) is 59.6. The zero-order chi connectivity index (χ0) is 77.8. The van der Waals surface area contributed by atoms with E-state index in [1.54, 1.807) is 30.3 Å². The first-order valence-electron chi connectivity index (χ1n) is 34.8. The molecule has 0 unspecified atom stereocenters. The number of aliphatic hydroxyl groups is 1. The van der Waals surface area contributed by atoms with E-state index in [9.17, 15) is 57.8 Å². The van der Waals surface area contributed by atoms with Gasteiger partial charge in [0.25, 0.3) is 0 Å². The first-order valence-corrected chi connectivity index (χ1v) is 34.8. The van der Waals surface area contributed by atoms with Crippen molar-refractivity contribution in [1.29, 1.82) is 0 Å². The number of nitrogens with one attached hydrogen (secondary N) is 9. The van der Waals surface area contributed by atoms with Gasteiger partial charge in [-0.3, -0.25) is 77.7 Å². The number of rotatable bonds is 51. The highest BCUT2D eigenvalue weighted by Crippen LogP contribution is 2.20. The molecule has 1 aromatic carbocycles. The number of carbonyl (C=O) groups is 11. The smallest absolute Gasteiger partial charge is 0.243 e. The van der Waals surface area contributed by atoms with Crippen molar-refractivity contribution in [3.63, 3.8) is 0 Å². The molecule has 0 bridgehead atoms. The Bertz CT molecular complexity index is 3060. The molecule has 11 amide bonds. The van der Waals surface area contributed by atoms with Crippen molar-refractivity contribution in [3.05, 3.63) is 35.9 Å². The molecule has 1 saturated heterocycles. The highest BCUT2D eigenvalue weighted by Gasteiger charge is 2.40. The van der Waals surface area contributed by atoms with Crippen molar-refractivity contribution >= 4 is 94.8 Å². The minimum Gasteiger partial charge on any atom is -0.391 e. The average Bonchev–Trinajstić information content (AvgIpc) is 1.63. The summed E-state index contributed by atoms with van der Waals surface area (Å²) in [5.41, 5.74) is 79.8. The van der Waals surface area contributed by atoms with Crippen molar-refractivity contribution < 1.29 is 57.8 Å². The third kappa shape index (κ3) is 35.9. The Morgan fingerprint density at radius 2 is 0.721 bits per heavy atom. The highest BCUT2D eigenvalue weighted by molar-refractivity contribution is 5.99. The molecule has 1 heterocycles. The largest absolute Gasteiger partial charge is 0.391 e. The van der Waals surface area contributed by atoms with E-state index in [2.05, 4.69) is 72.8 Å². The molecule has 1 aliphatic rings. The Morgan fingerprint density at radius 3 is 1.03 bits per heavy atom. The van der Waals surface area contributed by atoms with Crippen molar-refractivity contribution in [3.8, 4) is 0 Å². The molecular weight excluding hydrogens is 1350 g/mol. The summed E-state index contributed by atoms with van der Waals surface area (Å²) in [6.07, 6.45) is 0.612. The molecule has 0 aromatic heterocycles. The number of unbranched alkanes of at least 4 members (excludes halogenated alkanes) is 2. The summed E-state index contributed by atoms with van der Waals surface area (Å²) in [5.74, 6) is -10.5. The Balaban J connectivity index is 2.61. The molecule has 0 saturated carbocycles. The van der Waals surface area contributed by atoms with Crippen LogP contribution in [0, 0.1) is 0 Å². The standard InChI is InChI=1S/C63H115N29O12/c1-35(83-50(96)40(20-10-28-78-59(68)69)90-57(103)46-25-15-33-92(46)58(104)47(66)36(2)93)49(95)84-41(21-11-29-79-60(70)71)53(99)87-43(23-13-31-81-62(74)75)55(101)88-42(22-12-30-80-61(72)73)54(100)86-38(18-6-8-26-64)51(97)85-39(19-7-9-27-65)52(98)89-44(24-14-32-82-63(76)77)56(102)91-45(48(67)94)34-37-16-4-3-5-17-37/h3-5,16-17,35-36,38-47,93H,6-15,18-34,64-66H2,1-2H3,(H2,67,94)(H,83,96)(H,84,95)(H,85,97)(H,86,100)(H,87,99)(H,88,101)(H,89,98)(H,90,103)(H,91,102)(H4,68,69,78)(H4,70,71,79)(H4,72,73,80)(H4,74,75,81)(H4,76,77,82)/t35-,36+,38-,39-,40-,41-,42-,43-,44-,45-,46-,47-/m0/s1. The molecule has 0 spiro atoms. The van der Waals surface area contributed by atoms with Crippen LogP contribution < -0.4 is 128 Å². The van der Waals surface area contributed by atoms with Gasteiger partial charge in [0, 0.05) is 45.7 Å². The summed E-state index contributed by atoms with van der Waals surface area (Å²) in [6.45, 7) is 3.18. The van der Waals surface area contributed by atoms with Gasteiger partial charge < -0.3 is 138 Å². The molecule has 0 aliphatic carbocycles. The number of benzene rings is 1. The van der Waals surface area contributed by atoms with Gasteiger partial charge in [-0.25, -0.2) is 0 Å². The molecule has 1 aromatic rings. The lowest BCUT2D eigenvalue weighted by atomic mass is 10.0. The molecule has 1 fully saturated rings. The van der Waals surface area contributed by atoms with E-state index >= 15 is 0 Å². The maximum atomic E-state index is 14.8. The number of primary amides is 1. The van der Waals surface area contributed by atoms with Crippen LogP contribution in [0.4, 0.5) is 0 Å². The monoisotopic (exact) mass is 1470 g/mol. The number of carbonyl (C=O) groups excluding carboxylic acids is 11. The Morgan fingerprint density at radius 1 is 0.423 bits per heavy atom. The van der Waals surface area contributed by atoms with Crippen LogP contribution in [0.2, 0.25) is 0 Å². The van der Waals surface area contributed by atoms with Crippen molar-refractivity contribution in [1.82, 2.24) is 52.8 Å². The lowest BCUT2D eigenvalue weighted by molar-refractivity contribution is -0.142. The van der Waals surface area contributed by atoms with E-state index in [1.165, 1.54) is 18.7 Å². The number of aliphatic imine (C=N–C) groups is 5. The zero-order valence-corrected chi connectivity index (χ0v) is 59.6. The topological polar surface area (TPSA) is 746 Å². The van der Waals surface area contributed by atoms with Gasteiger partial charge >= 0.3 is 0 Å². The number of nitrogens with zero attached hydrogens (tertiary/aromatic N) is 6. The highest BCUT2D eigenvalue weighted by atomic mass is 16.3. The van der Waals surface area contributed by atoms with E-state index in [-0.39, 0.29) is 178 Å². The molecule has 104 heavy (non-hydrogen) atoms. The second-order valence-corrected chi connectivity index (χ2v) is 25.1. The lowest BCUT2D eigenvalue weighted by Crippen LogP contribution is -2.60. The van der Waals surface area contributed by atoms with Gasteiger partial charge in [-0.1, -0.05) is 30.3 Å². The molecule has 41 heteroatoms. The number of amides is 11. The SMILES string of the molecule is C[C@H](NC(=O)[C@H](CCCN=C(N)N)NC(=O)[C@@H]1CCCN1C(=O)[C@@H](N)[C@@H](C)O)C(=O)N[C@@H](CCCN=C(N)N)C(=O)N[C@@H](CCCN=C(N)N)C(=O)N[C@@H](CCCN=C(N)N)C(=O)N[C@@H](CCCCN)C(=O)N[C@@H](CCCCN)C(=O)N[C@@H](CCCN=C(N)N)C(=O)N[C@@H](Cc1ccccc1)C(N)=O. The Labute approximate surface area is 605 Å². The fourth-order valence-electron chi connectivity index (χ4n) is 10.7. The van der Waals surface area contributed by atoms with Gasteiger partial charge in [-0.2, -0.15) is 0 Å². The second-order valence-electron chi connectivity index (χ2n) is 25.1. The molecule has 12 atom stereocenters. The third-order valence-electron chi connectivity index (χ3n) is 16.4. The number of likely N-dealkylation sites (tertiary alicyclic amines) is 1. The fourth-order valence-corrected chi connectivity index (χ4v) is 10.7. The Kier molecular flexibility index (Phi) is 42.4. The summed E-state index contributed by atoms with van der Waals surface area (Å²) in [7, 11) is 0.